The van der Waals surface area contributed by atoms with Crippen LogP contribution in [0, 0.1) is 0 Å². The van der Waals surface area contributed by atoms with Gasteiger partial charge in [0.1, 0.15) is 18.2 Å². The Morgan fingerprint density at radius 3 is 2.75 bits per heavy atom. The largest absolute Gasteiger partial charge is 0.489 e. The highest BCUT2D eigenvalue weighted by molar-refractivity contribution is 5.79. The molecule has 0 atom stereocenters. The number of ether oxygens (including phenoxy) is 1. The van der Waals surface area contributed by atoms with Crippen molar-refractivity contribution in [2.45, 2.75) is 6.42 Å². The number of para-hydroxylation sites is 1. The number of aromatic nitrogens is 2. The molecular formula is C20H18N2O2. The molecule has 4 nitrogen and oxygen atoms in total. The Labute approximate surface area is 140 Å². The first-order valence-electron chi connectivity index (χ1n) is 7.70. The fraction of sp³-hybridized carbons (Fsp3) is 0.100. The van der Waals surface area contributed by atoms with Gasteiger partial charge in [0, 0.05) is 5.56 Å². The van der Waals surface area contributed by atoms with Gasteiger partial charge in [-0.15, -0.1) is 6.58 Å². The monoisotopic (exact) mass is 318 g/mol. The van der Waals surface area contributed by atoms with E-state index in [1.165, 1.54) is 0 Å². The predicted molar refractivity (Wildman–Crippen MR) is 97.4 cm³/mol. The minimum Gasteiger partial charge on any atom is -0.489 e. The molecule has 0 aliphatic rings. The lowest BCUT2D eigenvalue weighted by molar-refractivity contribution is 0.360. The summed E-state index contributed by atoms with van der Waals surface area (Å²) in [5, 5.41) is 0.582. The van der Waals surface area contributed by atoms with Crippen LogP contribution in [0.15, 0.2) is 72.6 Å². The van der Waals surface area contributed by atoms with Crippen molar-refractivity contribution in [2.24, 2.45) is 0 Å². The quantitative estimate of drug-likeness (QED) is 0.702. The second-order valence-corrected chi connectivity index (χ2v) is 5.35. The van der Waals surface area contributed by atoms with Gasteiger partial charge in [-0.05, 0) is 42.3 Å². The first-order chi connectivity index (χ1) is 11.7. The minimum atomic E-state index is -0.146. The second kappa shape index (κ2) is 6.96. The van der Waals surface area contributed by atoms with E-state index in [0.29, 0.717) is 29.8 Å². The van der Waals surface area contributed by atoms with Crippen LogP contribution < -0.4 is 10.3 Å². The van der Waals surface area contributed by atoms with E-state index in [9.17, 15) is 4.79 Å². The molecule has 120 valence electrons. The molecule has 2 aromatic carbocycles. The number of nitrogens with one attached hydrogen (secondary N) is 1. The number of allylic oxidation sites excluding steroid dienone is 1. The number of benzene rings is 2. The van der Waals surface area contributed by atoms with E-state index >= 15 is 0 Å². The van der Waals surface area contributed by atoms with Gasteiger partial charge in [0.2, 0.25) is 0 Å². The topological polar surface area (TPSA) is 55.0 Å². The maximum absolute atomic E-state index is 12.2. The summed E-state index contributed by atoms with van der Waals surface area (Å²) in [7, 11) is 0. The van der Waals surface area contributed by atoms with E-state index in [0.717, 1.165) is 16.9 Å². The van der Waals surface area contributed by atoms with Crippen LogP contribution in [0.2, 0.25) is 0 Å². The lowest BCUT2D eigenvalue weighted by atomic mass is 10.1. The Hall–Kier alpha value is -3.14. The van der Waals surface area contributed by atoms with Crippen molar-refractivity contribution in [1.29, 1.82) is 0 Å². The summed E-state index contributed by atoms with van der Waals surface area (Å²) in [6.07, 6.45) is 4.18. The zero-order valence-electron chi connectivity index (χ0n) is 13.3. The molecule has 1 aromatic heterocycles. The normalized spacial score (nSPS) is 10.5. The summed E-state index contributed by atoms with van der Waals surface area (Å²) in [4.78, 5) is 19.7. The Morgan fingerprint density at radius 1 is 1.12 bits per heavy atom. The lowest BCUT2D eigenvalue weighted by Gasteiger charge is -2.11. The van der Waals surface area contributed by atoms with E-state index in [1.54, 1.807) is 12.1 Å². The zero-order valence-corrected chi connectivity index (χ0v) is 13.3. The molecule has 0 saturated carbocycles. The second-order valence-electron chi connectivity index (χ2n) is 5.35. The van der Waals surface area contributed by atoms with Crippen LogP contribution in [0.4, 0.5) is 0 Å². The SMILES string of the molecule is C=CCOc1ccc(-c2nc3ccccc3c(=O)[nH]2)cc1CC=C. The molecule has 0 aliphatic heterocycles. The fourth-order valence-corrected chi connectivity index (χ4v) is 2.55. The zero-order chi connectivity index (χ0) is 16.9. The van der Waals surface area contributed by atoms with Gasteiger partial charge >= 0.3 is 0 Å². The van der Waals surface area contributed by atoms with E-state index < -0.39 is 0 Å². The molecule has 24 heavy (non-hydrogen) atoms. The minimum absolute atomic E-state index is 0.146. The van der Waals surface area contributed by atoms with Gasteiger partial charge in [0.15, 0.2) is 0 Å². The number of fused-ring (bicyclic) bond motifs is 1. The van der Waals surface area contributed by atoms with Crippen molar-refractivity contribution in [2.75, 3.05) is 6.61 Å². The third kappa shape index (κ3) is 3.13. The molecule has 4 heteroatoms. The van der Waals surface area contributed by atoms with E-state index in [-0.39, 0.29) is 5.56 Å². The molecule has 0 aliphatic carbocycles. The van der Waals surface area contributed by atoms with Gasteiger partial charge in [-0.3, -0.25) is 4.79 Å². The van der Waals surface area contributed by atoms with Crippen molar-refractivity contribution in [3.63, 3.8) is 0 Å². The third-order valence-electron chi connectivity index (χ3n) is 3.67. The fourth-order valence-electron chi connectivity index (χ4n) is 2.55. The predicted octanol–water partition coefficient (Wildman–Crippen LogP) is 3.88. The van der Waals surface area contributed by atoms with Gasteiger partial charge in [-0.1, -0.05) is 30.9 Å². The summed E-state index contributed by atoms with van der Waals surface area (Å²) in [6, 6.07) is 13.0. The van der Waals surface area contributed by atoms with Crippen LogP contribution in [-0.4, -0.2) is 16.6 Å². The Bertz CT molecular complexity index is 957. The van der Waals surface area contributed by atoms with Gasteiger partial charge in [-0.25, -0.2) is 4.98 Å². The smallest absolute Gasteiger partial charge is 0.259 e. The Kier molecular flexibility index (Phi) is 4.57. The number of hydrogen-bond acceptors (Lipinski definition) is 3. The summed E-state index contributed by atoms with van der Waals surface area (Å²) >= 11 is 0. The molecule has 1 heterocycles. The molecule has 0 unspecified atom stereocenters. The molecule has 1 N–H and O–H groups in total. The average Bonchev–Trinajstić information content (AvgIpc) is 2.61. The highest BCUT2D eigenvalue weighted by atomic mass is 16.5. The van der Waals surface area contributed by atoms with Crippen LogP contribution in [-0.2, 0) is 6.42 Å². The van der Waals surface area contributed by atoms with Gasteiger partial charge in [0.25, 0.3) is 5.56 Å². The number of rotatable bonds is 6. The number of H-pyrrole nitrogens is 1. The Balaban J connectivity index is 2.08. The maximum Gasteiger partial charge on any atom is 0.259 e. The summed E-state index contributed by atoms with van der Waals surface area (Å²) in [6.45, 7) is 7.89. The van der Waals surface area contributed by atoms with Crippen LogP contribution in [0.5, 0.6) is 5.75 Å². The van der Waals surface area contributed by atoms with Crippen molar-refractivity contribution in [3.8, 4) is 17.1 Å². The van der Waals surface area contributed by atoms with E-state index in [1.807, 2.05) is 42.5 Å². The van der Waals surface area contributed by atoms with E-state index in [2.05, 4.69) is 23.1 Å². The summed E-state index contributed by atoms with van der Waals surface area (Å²) in [5.41, 5.74) is 2.35. The molecule has 0 saturated heterocycles. The van der Waals surface area contributed by atoms with Crippen LogP contribution in [0.25, 0.3) is 22.3 Å². The maximum atomic E-state index is 12.2. The molecule has 0 amide bonds. The highest BCUT2D eigenvalue weighted by Crippen LogP contribution is 2.26. The van der Waals surface area contributed by atoms with Crippen molar-refractivity contribution in [1.82, 2.24) is 9.97 Å². The first kappa shape index (κ1) is 15.7. The standard InChI is InChI=1S/C20H18N2O2/c1-3-7-14-13-15(10-11-18(14)24-12-4-2)19-21-17-9-6-5-8-16(17)20(23)22-19/h3-6,8-11,13H,1-2,7,12H2,(H,21,22,23). The van der Waals surface area contributed by atoms with Crippen molar-refractivity contribution >= 4 is 10.9 Å². The molecule has 3 aromatic rings. The summed E-state index contributed by atoms with van der Waals surface area (Å²) < 4.78 is 5.67. The number of aromatic amines is 1. The molecule has 0 bridgehead atoms. The number of hydrogen-bond donors (Lipinski definition) is 1. The highest BCUT2D eigenvalue weighted by Gasteiger charge is 2.09. The van der Waals surface area contributed by atoms with Crippen molar-refractivity contribution in [3.05, 3.63) is 83.7 Å². The van der Waals surface area contributed by atoms with Gasteiger partial charge in [-0.2, -0.15) is 0 Å². The van der Waals surface area contributed by atoms with Gasteiger partial charge < -0.3 is 9.72 Å². The van der Waals surface area contributed by atoms with Crippen LogP contribution in [0.1, 0.15) is 5.56 Å². The number of nitrogens with zero attached hydrogens (tertiary/aromatic N) is 1. The van der Waals surface area contributed by atoms with Gasteiger partial charge in [0.05, 0.1) is 10.9 Å². The molecular weight excluding hydrogens is 300 g/mol. The summed E-state index contributed by atoms with van der Waals surface area (Å²) in [5.74, 6) is 1.32. The Morgan fingerprint density at radius 2 is 1.96 bits per heavy atom. The third-order valence-corrected chi connectivity index (χ3v) is 3.67. The van der Waals surface area contributed by atoms with Crippen LogP contribution in [0.3, 0.4) is 0 Å². The lowest BCUT2D eigenvalue weighted by Crippen LogP contribution is -2.09. The molecule has 0 fully saturated rings. The first-order valence-corrected chi connectivity index (χ1v) is 7.70. The average molecular weight is 318 g/mol. The molecule has 0 spiro atoms. The molecule has 0 radical (unpaired) electrons. The van der Waals surface area contributed by atoms with Crippen LogP contribution >= 0.6 is 0 Å². The van der Waals surface area contributed by atoms with E-state index in [4.69, 9.17) is 4.74 Å². The van der Waals surface area contributed by atoms with Crippen molar-refractivity contribution < 1.29 is 4.74 Å². The molecule has 3 rings (SSSR count).